The third kappa shape index (κ3) is 4.09. The molecule has 0 aliphatic carbocycles. The highest BCUT2D eigenvalue weighted by Gasteiger charge is 1.96. The number of rotatable bonds is 4. The summed E-state index contributed by atoms with van der Waals surface area (Å²) in [5.41, 5.74) is 1.72. The molecule has 1 rings (SSSR count). The Morgan fingerprint density at radius 1 is 1.19 bits per heavy atom. The quantitative estimate of drug-likeness (QED) is 0.784. The first kappa shape index (κ1) is 12.2. The highest BCUT2D eigenvalue weighted by molar-refractivity contribution is 5.94. The molecule has 0 atom stereocenters. The van der Waals surface area contributed by atoms with Crippen molar-refractivity contribution in [3.05, 3.63) is 41.5 Å². The maximum Gasteiger partial charge on any atom is 0.217 e. The Morgan fingerprint density at radius 2 is 1.81 bits per heavy atom. The van der Waals surface area contributed by atoms with Gasteiger partial charge in [0.15, 0.2) is 5.78 Å². The van der Waals surface area contributed by atoms with Gasteiger partial charge < -0.3 is 5.32 Å². The maximum absolute atomic E-state index is 11.0. The van der Waals surface area contributed by atoms with Gasteiger partial charge in [-0.2, -0.15) is 0 Å². The monoisotopic (exact) mass is 217 g/mol. The molecule has 0 aliphatic rings. The van der Waals surface area contributed by atoms with Crippen molar-refractivity contribution < 1.29 is 9.59 Å². The zero-order chi connectivity index (χ0) is 12.0. The fourth-order valence-corrected chi connectivity index (χ4v) is 1.23. The molecule has 1 N–H and O–H groups in total. The Morgan fingerprint density at radius 3 is 2.31 bits per heavy atom. The van der Waals surface area contributed by atoms with E-state index in [0.717, 1.165) is 5.56 Å². The van der Waals surface area contributed by atoms with Crippen LogP contribution in [-0.2, 0) is 4.79 Å². The predicted octanol–water partition coefficient (Wildman–Crippen LogP) is 2.04. The second kappa shape index (κ2) is 5.85. The van der Waals surface area contributed by atoms with Crippen LogP contribution in [0, 0.1) is 0 Å². The highest BCUT2D eigenvalue weighted by atomic mass is 16.1. The van der Waals surface area contributed by atoms with Crippen LogP contribution in [-0.4, -0.2) is 18.2 Å². The summed E-state index contributed by atoms with van der Waals surface area (Å²) in [5, 5.41) is 2.67. The van der Waals surface area contributed by atoms with Gasteiger partial charge in [-0.1, -0.05) is 36.4 Å². The van der Waals surface area contributed by atoms with Crippen molar-refractivity contribution in [3.63, 3.8) is 0 Å². The number of benzene rings is 1. The van der Waals surface area contributed by atoms with E-state index in [1.54, 1.807) is 19.1 Å². The molecular formula is C13H15NO2. The van der Waals surface area contributed by atoms with Crippen molar-refractivity contribution in [2.24, 2.45) is 0 Å². The molecule has 0 unspecified atom stereocenters. The van der Waals surface area contributed by atoms with Crippen LogP contribution >= 0.6 is 0 Å². The van der Waals surface area contributed by atoms with E-state index in [2.05, 4.69) is 5.32 Å². The van der Waals surface area contributed by atoms with E-state index in [-0.39, 0.29) is 11.7 Å². The van der Waals surface area contributed by atoms with Gasteiger partial charge in [0.25, 0.3) is 0 Å². The van der Waals surface area contributed by atoms with E-state index in [9.17, 15) is 9.59 Å². The number of hydrogen-bond acceptors (Lipinski definition) is 2. The minimum absolute atomic E-state index is 0.0448. The molecule has 16 heavy (non-hydrogen) atoms. The van der Waals surface area contributed by atoms with Crippen LogP contribution in [0.4, 0.5) is 0 Å². The lowest BCUT2D eigenvalue weighted by molar-refractivity contribution is -0.118. The molecule has 0 aromatic heterocycles. The van der Waals surface area contributed by atoms with Gasteiger partial charge in [-0.3, -0.25) is 9.59 Å². The average molecular weight is 217 g/mol. The molecule has 1 aromatic rings. The van der Waals surface area contributed by atoms with Crippen molar-refractivity contribution in [2.45, 2.75) is 13.8 Å². The third-order valence-electron chi connectivity index (χ3n) is 2.10. The molecule has 3 heteroatoms. The molecule has 84 valence electrons. The summed E-state index contributed by atoms with van der Waals surface area (Å²) >= 11 is 0. The van der Waals surface area contributed by atoms with Crippen LogP contribution in [0.1, 0.15) is 29.8 Å². The summed E-state index contributed by atoms with van der Waals surface area (Å²) in [4.78, 5) is 21.6. The van der Waals surface area contributed by atoms with Crippen LogP contribution in [0.3, 0.4) is 0 Å². The van der Waals surface area contributed by atoms with Gasteiger partial charge in [0.05, 0.1) is 0 Å². The second-order valence-corrected chi connectivity index (χ2v) is 3.52. The van der Waals surface area contributed by atoms with Gasteiger partial charge in [0.2, 0.25) is 5.91 Å². The normalized spacial score (nSPS) is 10.4. The fourth-order valence-electron chi connectivity index (χ4n) is 1.23. The molecule has 0 radical (unpaired) electrons. The molecule has 0 fully saturated rings. The van der Waals surface area contributed by atoms with Crippen molar-refractivity contribution in [1.82, 2.24) is 5.32 Å². The van der Waals surface area contributed by atoms with Crippen molar-refractivity contribution in [1.29, 1.82) is 0 Å². The number of carbonyl (C=O) groups excluding carboxylic acids is 2. The first-order valence-electron chi connectivity index (χ1n) is 5.11. The Bertz CT molecular complexity index is 404. The van der Waals surface area contributed by atoms with Crippen LogP contribution in [0.25, 0.3) is 6.08 Å². The van der Waals surface area contributed by atoms with Gasteiger partial charge in [-0.25, -0.2) is 0 Å². The molecule has 0 saturated carbocycles. The minimum atomic E-state index is -0.0448. The summed E-state index contributed by atoms with van der Waals surface area (Å²) in [7, 11) is 0. The van der Waals surface area contributed by atoms with Gasteiger partial charge >= 0.3 is 0 Å². The summed E-state index contributed by atoms with van der Waals surface area (Å²) < 4.78 is 0. The molecule has 0 spiro atoms. The Hall–Kier alpha value is -1.90. The van der Waals surface area contributed by atoms with E-state index in [0.29, 0.717) is 12.1 Å². The number of hydrogen-bond donors (Lipinski definition) is 1. The van der Waals surface area contributed by atoms with Gasteiger partial charge in [-0.05, 0) is 12.5 Å². The van der Waals surface area contributed by atoms with E-state index in [1.165, 1.54) is 6.92 Å². The van der Waals surface area contributed by atoms with E-state index in [4.69, 9.17) is 0 Å². The van der Waals surface area contributed by atoms with Crippen molar-refractivity contribution in [3.8, 4) is 0 Å². The minimum Gasteiger partial charge on any atom is -0.353 e. The lowest BCUT2D eigenvalue weighted by Crippen LogP contribution is -2.19. The third-order valence-corrected chi connectivity index (χ3v) is 2.10. The first-order chi connectivity index (χ1) is 7.59. The Labute approximate surface area is 95.2 Å². The molecule has 0 aliphatic heterocycles. The van der Waals surface area contributed by atoms with E-state index >= 15 is 0 Å². The van der Waals surface area contributed by atoms with Gasteiger partial charge in [-0.15, -0.1) is 0 Å². The molecule has 1 aromatic carbocycles. The van der Waals surface area contributed by atoms with Gasteiger partial charge in [0.1, 0.15) is 0 Å². The van der Waals surface area contributed by atoms with Crippen molar-refractivity contribution >= 4 is 17.8 Å². The Balaban J connectivity index is 2.55. The highest BCUT2D eigenvalue weighted by Crippen LogP contribution is 2.06. The maximum atomic E-state index is 11.0. The number of amides is 1. The Kier molecular flexibility index (Phi) is 4.45. The predicted molar refractivity (Wildman–Crippen MR) is 64.2 cm³/mol. The molecule has 0 bridgehead atoms. The summed E-state index contributed by atoms with van der Waals surface area (Å²) in [5.74, 6) is 0.0188. The molecule has 0 heterocycles. The number of nitrogens with one attached hydrogen (secondary N) is 1. The lowest BCUT2D eigenvalue weighted by atomic mass is 10.1. The second-order valence-electron chi connectivity index (χ2n) is 3.52. The summed E-state index contributed by atoms with van der Waals surface area (Å²) in [6.07, 6.45) is 3.77. The number of Topliss-reactive ketones (excluding diaryl/α,β-unsaturated/α-hetero) is 1. The van der Waals surface area contributed by atoms with Crippen molar-refractivity contribution in [2.75, 3.05) is 6.54 Å². The lowest BCUT2D eigenvalue weighted by Gasteiger charge is -1.97. The molecule has 1 amide bonds. The molecule has 0 saturated heterocycles. The van der Waals surface area contributed by atoms with Crippen LogP contribution in [0.2, 0.25) is 0 Å². The number of ketones is 1. The largest absolute Gasteiger partial charge is 0.353 e. The zero-order valence-corrected chi connectivity index (χ0v) is 9.49. The average Bonchev–Trinajstić information content (AvgIpc) is 2.25. The topological polar surface area (TPSA) is 46.2 Å². The van der Waals surface area contributed by atoms with E-state index < -0.39 is 0 Å². The smallest absolute Gasteiger partial charge is 0.217 e. The summed E-state index contributed by atoms with van der Waals surface area (Å²) in [6.45, 7) is 3.54. The van der Waals surface area contributed by atoms with Crippen LogP contribution in [0.15, 0.2) is 30.3 Å². The molecular weight excluding hydrogens is 202 g/mol. The summed E-state index contributed by atoms with van der Waals surface area (Å²) in [6, 6.07) is 7.34. The van der Waals surface area contributed by atoms with E-state index in [1.807, 2.05) is 24.3 Å². The fraction of sp³-hybridized carbons (Fsp3) is 0.231. The molecule has 3 nitrogen and oxygen atoms in total. The van der Waals surface area contributed by atoms with Gasteiger partial charge in [0, 0.05) is 19.0 Å². The zero-order valence-electron chi connectivity index (χ0n) is 9.49. The number of carbonyl (C=O) groups is 2. The van der Waals surface area contributed by atoms with Crippen LogP contribution in [0.5, 0.6) is 0 Å². The first-order valence-corrected chi connectivity index (χ1v) is 5.11. The van der Waals surface area contributed by atoms with Crippen LogP contribution < -0.4 is 5.32 Å². The standard InChI is InChI=1S/C13H15NO2/c1-10(15)13-7-5-12(6-8-13)4-3-9-14-11(2)16/h3-8H,9H2,1-2H3,(H,14,16). The SMILES string of the molecule is CC(=O)NCC=Cc1ccc(C(C)=O)cc1.